The van der Waals surface area contributed by atoms with E-state index in [0.29, 0.717) is 21.5 Å². The predicted molar refractivity (Wildman–Crippen MR) is 95.9 cm³/mol. The number of aryl methyl sites for hydroxylation is 1. The van der Waals surface area contributed by atoms with Gasteiger partial charge < -0.3 is 4.90 Å². The molecule has 4 nitrogen and oxygen atoms in total. The molecule has 3 rings (SSSR count). The van der Waals surface area contributed by atoms with Crippen molar-refractivity contribution in [3.8, 4) is 0 Å². The molecule has 23 heavy (non-hydrogen) atoms. The maximum atomic E-state index is 12.2. The SMILES string of the molecule is Cc1nn(Cc2c(Cl)cccc2Cl)c2sc(C(=O)N(C)C)cc12. The summed E-state index contributed by atoms with van der Waals surface area (Å²) < 4.78 is 1.86. The summed E-state index contributed by atoms with van der Waals surface area (Å²) in [5, 5.41) is 6.77. The van der Waals surface area contributed by atoms with Crippen LogP contribution in [0.2, 0.25) is 10.0 Å². The summed E-state index contributed by atoms with van der Waals surface area (Å²) >= 11 is 13.9. The van der Waals surface area contributed by atoms with Gasteiger partial charge >= 0.3 is 0 Å². The average Bonchev–Trinajstić information content (AvgIpc) is 3.04. The van der Waals surface area contributed by atoms with Gasteiger partial charge in [0.05, 0.1) is 17.1 Å². The highest BCUT2D eigenvalue weighted by atomic mass is 35.5. The summed E-state index contributed by atoms with van der Waals surface area (Å²) in [4.78, 5) is 15.4. The fourth-order valence-corrected chi connectivity index (χ4v) is 4.08. The Kier molecular flexibility index (Phi) is 4.36. The van der Waals surface area contributed by atoms with Crippen LogP contribution in [0.15, 0.2) is 24.3 Å². The van der Waals surface area contributed by atoms with Crippen molar-refractivity contribution in [2.24, 2.45) is 0 Å². The van der Waals surface area contributed by atoms with Gasteiger partial charge in [0.1, 0.15) is 4.83 Å². The second kappa shape index (κ2) is 6.15. The number of hydrogen-bond acceptors (Lipinski definition) is 3. The van der Waals surface area contributed by atoms with Crippen molar-refractivity contribution < 1.29 is 4.79 Å². The minimum absolute atomic E-state index is 0.00655. The lowest BCUT2D eigenvalue weighted by Crippen LogP contribution is -2.20. The number of carbonyl (C=O) groups excluding carboxylic acids is 1. The Balaban J connectivity index is 2.06. The summed E-state index contributed by atoms with van der Waals surface area (Å²) in [6, 6.07) is 7.34. The molecule has 0 radical (unpaired) electrons. The summed E-state index contributed by atoms with van der Waals surface area (Å²) in [5.74, 6) is -0.00655. The van der Waals surface area contributed by atoms with E-state index in [0.717, 1.165) is 21.5 Å². The summed E-state index contributed by atoms with van der Waals surface area (Å²) in [5.41, 5.74) is 1.71. The first-order valence-electron chi connectivity index (χ1n) is 7.00. The van der Waals surface area contributed by atoms with Crippen LogP contribution >= 0.6 is 34.5 Å². The third kappa shape index (κ3) is 2.96. The second-order valence-corrected chi connectivity index (χ2v) is 7.32. The van der Waals surface area contributed by atoms with Gasteiger partial charge in [0.15, 0.2) is 0 Å². The lowest BCUT2D eigenvalue weighted by molar-refractivity contribution is 0.0832. The first-order chi connectivity index (χ1) is 10.9. The standard InChI is InChI=1S/C16H15Cl2N3OS/c1-9-10-7-14(15(22)20(2)3)23-16(10)21(19-9)8-11-12(17)5-4-6-13(11)18/h4-7H,8H2,1-3H3. The van der Waals surface area contributed by atoms with Gasteiger partial charge in [0.2, 0.25) is 0 Å². The fraction of sp³-hybridized carbons (Fsp3) is 0.250. The molecular formula is C16H15Cl2N3OS. The highest BCUT2D eigenvalue weighted by molar-refractivity contribution is 7.20. The zero-order valence-corrected chi connectivity index (χ0v) is 15.3. The molecule has 7 heteroatoms. The van der Waals surface area contributed by atoms with E-state index in [1.54, 1.807) is 19.0 Å². The van der Waals surface area contributed by atoms with E-state index in [2.05, 4.69) is 5.10 Å². The Morgan fingerprint density at radius 1 is 1.30 bits per heavy atom. The van der Waals surface area contributed by atoms with Crippen LogP contribution in [0.25, 0.3) is 10.2 Å². The number of halogens is 2. The van der Waals surface area contributed by atoms with Crippen molar-refractivity contribution in [2.45, 2.75) is 13.5 Å². The van der Waals surface area contributed by atoms with Gasteiger partial charge in [-0.2, -0.15) is 5.10 Å². The molecule has 0 N–H and O–H groups in total. The second-order valence-electron chi connectivity index (χ2n) is 5.47. The van der Waals surface area contributed by atoms with Gasteiger partial charge in [-0.25, -0.2) is 4.68 Å². The van der Waals surface area contributed by atoms with E-state index < -0.39 is 0 Å². The van der Waals surface area contributed by atoms with Gasteiger partial charge in [0, 0.05) is 35.1 Å². The highest BCUT2D eigenvalue weighted by Gasteiger charge is 2.18. The molecule has 3 aromatic rings. The Morgan fingerprint density at radius 3 is 2.57 bits per heavy atom. The van der Waals surface area contributed by atoms with Crippen LogP contribution in [-0.4, -0.2) is 34.7 Å². The number of amides is 1. The fourth-order valence-electron chi connectivity index (χ4n) is 2.38. The van der Waals surface area contributed by atoms with Crippen molar-refractivity contribution in [2.75, 3.05) is 14.1 Å². The van der Waals surface area contributed by atoms with Crippen molar-refractivity contribution in [3.05, 3.63) is 50.4 Å². The zero-order valence-electron chi connectivity index (χ0n) is 12.9. The van der Waals surface area contributed by atoms with Gasteiger partial charge in [-0.1, -0.05) is 29.3 Å². The van der Waals surface area contributed by atoms with Crippen LogP contribution in [0.4, 0.5) is 0 Å². The third-order valence-corrected chi connectivity index (χ3v) is 5.44. The van der Waals surface area contributed by atoms with Crippen molar-refractivity contribution in [1.29, 1.82) is 0 Å². The lowest BCUT2D eigenvalue weighted by atomic mass is 10.2. The number of fused-ring (bicyclic) bond motifs is 1. The normalized spacial score (nSPS) is 11.2. The van der Waals surface area contributed by atoms with Crippen molar-refractivity contribution >= 4 is 50.7 Å². The topological polar surface area (TPSA) is 38.1 Å². The molecule has 120 valence electrons. The van der Waals surface area contributed by atoms with Gasteiger partial charge in [-0.3, -0.25) is 4.79 Å². The van der Waals surface area contributed by atoms with Crippen LogP contribution < -0.4 is 0 Å². The molecule has 0 saturated heterocycles. The molecule has 0 aliphatic heterocycles. The maximum absolute atomic E-state index is 12.2. The predicted octanol–water partition coefficient (Wildman–Crippen LogP) is 4.46. The molecule has 0 spiro atoms. The minimum atomic E-state index is -0.00655. The molecule has 0 fully saturated rings. The average molecular weight is 368 g/mol. The van der Waals surface area contributed by atoms with Crippen LogP contribution in [0.3, 0.4) is 0 Å². The summed E-state index contributed by atoms with van der Waals surface area (Å²) in [6.07, 6.45) is 0. The smallest absolute Gasteiger partial charge is 0.263 e. The van der Waals surface area contributed by atoms with Crippen molar-refractivity contribution in [1.82, 2.24) is 14.7 Å². The Hall–Kier alpha value is -1.56. The van der Waals surface area contributed by atoms with Gasteiger partial charge in [-0.05, 0) is 25.1 Å². The summed E-state index contributed by atoms with van der Waals surface area (Å²) in [6.45, 7) is 2.41. The molecule has 0 bridgehead atoms. The minimum Gasteiger partial charge on any atom is -0.344 e. The number of aromatic nitrogens is 2. The Morgan fingerprint density at radius 2 is 1.96 bits per heavy atom. The molecule has 2 heterocycles. The first kappa shape index (κ1) is 16.3. The quantitative estimate of drug-likeness (QED) is 0.685. The van der Waals surface area contributed by atoms with Gasteiger partial charge in [-0.15, -0.1) is 11.3 Å². The number of hydrogen-bond donors (Lipinski definition) is 0. The number of rotatable bonds is 3. The van der Waals surface area contributed by atoms with Crippen molar-refractivity contribution in [3.63, 3.8) is 0 Å². The third-order valence-electron chi connectivity index (χ3n) is 3.59. The molecule has 0 aliphatic carbocycles. The Bertz CT molecular complexity index is 878. The molecule has 2 aromatic heterocycles. The molecule has 0 saturated carbocycles. The van der Waals surface area contributed by atoms with Gasteiger partial charge in [0.25, 0.3) is 5.91 Å². The van der Waals surface area contributed by atoms with E-state index in [1.165, 1.54) is 11.3 Å². The number of benzene rings is 1. The highest BCUT2D eigenvalue weighted by Crippen LogP contribution is 2.31. The van der Waals surface area contributed by atoms with E-state index in [1.807, 2.05) is 35.9 Å². The zero-order chi connectivity index (χ0) is 16.7. The maximum Gasteiger partial charge on any atom is 0.263 e. The number of nitrogens with zero attached hydrogens (tertiary/aromatic N) is 3. The van der Waals surface area contributed by atoms with E-state index in [4.69, 9.17) is 23.2 Å². The Labute approximate surface area is 148 Å². The number of carbonyl (C=O) groups is 1. The lowest BCUT2D eigenvalue weighted by Gasteiger charge is -2.08. The van der Waals surface area contributed by atoms with Crippen LogP contribution in [-0.2, 0) is 6.54 Å². The van der Waals surface area contributed by atoms with Crippen LogP contribution in [0.1, 0.15) is 20.9 Å². The largest absolute Gasteiger partial charge is 0.344 e. The molecule has 0 unspecified atom stereocenters. The molecular weight excluding hydrogens is 353 g/mol. The van der Waals surface area contributed by atoms with E-state index in [-0.39, 0.29) is 5.91 Å². The van der Waals surface area contributed by atoms with E-state index >= 15 is 0 Å². The molecule has 1 amide bonds. The molecule has 0 aliphatic rings. The molecule has 0 atom stereocenters. The number of thiophene rings is 1. The first-order valence-corrected chi connectivity index (χ1v) is 8.57. The van der Waals surface area contributed by atoms with Crippen LogP contribution in [0, 0.1) is 6.92 Å². The summed E-state index contributed by atoms with van der Waals surface area (Å²) in [7, 11) is 3.49. The monoisotopic (exact) mass is 367 g/mol. The molecule has 1 aromatic carbocycles. The van der Waals surface area contributed by atoms with Crippen LogP contribution in [0.5, 0.6) is 0 Å². The van der Waals surface area contributed by atoms with E-state index in [9.17, 15) is 4.79 Å².